The third kappa shape index (κ3) is 2.97. The van der Waals surface area contributed by atoms with Gasteiger partial charge in [0, 0.05) is 15.9 Å². The Morgan fingerprint density at radius 2 is 1.87 bits per heavy atom. The smallest absolute Gasteiger partial charge is 0.307 e. The highest BCUT2D eigenvalue weighted by atomic mass is 35.5. The van der Waals surface area contributed by atoms with E-state index in [0.29, 0.717) is 10.9 Å². The molecule has 0 aliphatic carbocycles. The van der Waals surface area contributed by atoms with Crippen molar-refractivity contribution in [2.75, 3.05) is 0 Å². The largest absolute Gasteiger partial charge is 0.481 e. The van der Waals surface area contributed by atoms with Crippen molar-refractivity contribution in [2.45, 2.75) is 26.2 Å². The number of aromatic amines is 1. The molecule has 0 saturated carbocycles. The zero-order valence-electron chi connectivity index (χ0n) is 13.1. The fraction of sp³-hybridized carbons (Fsp3) is 0.211. The molecule has 3 nitrogen and oxygen atoms in total. The first kappa shape index (κ1) is 15.6. The third-order valence-electron chi connectivity index (χ3n) is 4.06. The van der Waals surface area contributed by atoms with Crippen LogP contribution >= 0.6 is 11.6 Å². The van der Waals surface area contributed by atoms with Gasteiger partial charge in [-0.2, -0.15) is 0 Å². The van der Waals surface area contributed by atoms with Gasteiger partial charge in [-0.15, -0.1) is 0 Å². The second-order valence-corrected chi connectivity index (χ2v) is 6.42. The number of aliphatic carboxylic acids is 1. The van der Waals surface area contributed by atoms with E-state index in [1.54, 1.807) is 0 Å². The van der Waals surface area contributed by atoms with Gasteiger partial charge >= 0.3 is 5.97 Å². The van der Waals surface area contributed by atoms with Crippen molar-refractivity contribution in [3.05, 3.63) is 58.6 Å². The number of nitrogens with one attached hydrogen (secondary N) is 1. The molecular formula is C19H18ClNO2. The minimum atomic E-state index is -0.837. The van der Waals surface area contributed by atoms with E-state index < -0.39 is 5.97 Å². The van der Waals surface area contributed by atoms with Gasteiger partial charge in [0.15, 0.2) is 0 Å². The van der Waals surface area contributed by atoms with Gasteiger partial charge in [0.1, 0.15) is 0 Å². The highest BCUT2D eigenvalue weighted by Gasteiger charge is 2.18. The summed E-state index contributed by atoms with van der Waals surface area (Å²) in [6, 6.07) is 13.5. The number of hydrogen-bond donors (Lipinski definition) is 2. The van der Waals surface area contributed by atoms with Crippen molar-refractivity contribution in [3.63, 3.8) is 0 Å². The number of halogens is 1. The fourth-order valence-electron chi connectivity index (χ4n) is 2.98. The summed E-state index contributed by atoms with van der Waals surface area (Å²) < 4.78 is 0. The molecule has 0 atom stereocenters. The number of para-hydroxylation sites is 1. The van der Waals surface area contributed by atoms with Crippen LogP contribution in [-0.4, -0.2) is 16.1 Å². The summed E-state index contributed by atoms with van der Waals surface area (Å²) in [6.45, 7) is 4.27. The van der Waals surface area contributed by atoms with Crippen LogP contribution in [0.2, 0.25) is 5.02 Å². The molecule has 0 spiro atoms. The highest BCUT2D eigenvalue weighted by Crippen LogP contribution is 2.35. The topological polar surface area (TPSA) is 53.1 Å². The van der Waals surface area contributed by atoms with Crippen molar-refractivity contribution >= 4 is 28.5 Å². The van der Waals surface area contributed by atoms with Crippen LogP contribution in [0, 0.1) is 0 Å². The van der Waals surface area contributed by atoms with Gasteiger partial charge in [0.05, 0.1) is 12.1 Å². The van der Waals surface area contributed by atoms with E-state index in [1.165, 1.54) is 5.56 Å². The number of aromatic nitrogens is 1. The Kier molecular flexibility index (Phi) is 4.14. The lowest BCUT2D eigenvalue weighted by Gasteiger charge is -2.06. The number of hydrogen-bond acceptors (Lipinski definition) is 1. The monoisotopic (exact) mass is 327 g/mol. The molecule has 0 fully saturated rings. The van der Waals surface area contributed by atoms with E-state index in [1.807, 2.05) is 36.4 Å². The molecule has 0 aliphatic rings. The van der Waals surface area contributed by atoms with Gasteiger partial charge in [-0.05, 0) is 34.7 Å². The predicted octanol–water partition coefficient (Wildman–Crippen LogP) is 5.24. The number of carboxylic acid groups (broad SMARTS) is 1. The number of carbonyl (C=O) groups is 1. The van der Waals surface area contributed by atoms with Crippen LogP contribution in [-0.2, 0) is 11.2 Å². The third-order valence-corrected chi connectivity index (χ3v) is 4.31. The Morgan fingerprint density at radius 1 is 1.17 bits per heavy atom. The molecule has 0 amide bonds. The van der Waals surface area contributed by atoms with Gasteiger partial charge in [0.2, 0.25) is 0 Å². The Morgan fingerprint density at radius 3 is 2.48 bits per heavy atom. The number of rotatable bonds is 4. The highest BCUT2D eigenvalue weighted by molar-refractivity contribution is 6.30. The first-order valence-electron chi connectivity index (χ1n) is 7.58. The van der Waals surface area contributed by atoms with E-state index in [-0.39, 0.29) is 6.42 Å². The zero-order valence-corrected chi connectivity index (χ0v) is 13.8. The lowest BCUT2D eigenvalue weighted by atomic mass is 9.98. The van der Waals surface area contributed by atoms with Crippen LogP contribution < -0.4 is 0 Å². The summed E-state index contributed by atoms with van der Waals surface area (Å²) in [7, 11) is 0. The number of H-pyrrole nitrogens is 1. The van der Waals surface area contributed by atoms with Crippen LogP contribution in [0.3, 0.4) is 0 Å². The molecule has 4 heteroatoms. The Balaban J connectivity index is 2.29. The zero-order chi connectivity index (χ0) is 16.6. The molecule has 3 aromatic rings. The van der Waals surface area contributed by atoms with Crippen molar-refractivity contribution < 1.29 is 9.90 Å². The van der Waals surface area contributed by atoms with Gasteiger partial charge in [-0.25, -0.2) is 0 Å². The molecule has 1 heterocycles. The molecule has 118 valence electrons. The molecule has 23 heavy (non-hydrogen) atoms. The van der Waals surface area contributed by atoms with Crippen LogP contribution in [0.5, 0.6) is 0 Å². The maximum absolute atomic E-state index is 11.3. The number of carboxylic acids is 1. The van der Waals surface area contributed by atoms with Gasteiger partial charge < -0.3 is 10.1 Å². The van der Waals surface area contributed by atoms with Crippen LogP contribution in [0.25, 0.3) is 22.2 Å². The second-order valence-electron chi connectivity index (χ2n) is 5.98. The van der Waals surface area contributed by atoms with Crippen molar-refractivity contribution in [1.82, 2.24) is 4.98 Å². The number of benzene rings is 2. The van der Waals surface area contributed by atoms with Crippen molar-refractivity contribution in [3.8, 4) is 11.3 Å². The quantitative estimate of drug-likeness (QED) is 0.688. The maximum Gasteiger partial charge on any atom is 0.307 e. The average Bonchev–Trinajstić information content (AvgIpc) is 2.86. The van der Waals surface area contributed by atoms with E-state index in [0.717, 1.165) is 27.7 Å². The van der Waals surface area contributed by atoms with Crippen molar-refractivity contribution in [1.29, 1.82) is 0 Å². The first-order valence-corrected chi connectivity index (χ1v) is 7.96. The summed E-state index contributed by atoms with van der Waals surface area (Å²) in [6.07, 6.45) is -0.0144. The van der Waals surface area contributed by atoms with Crippen LogP contribution in [0.4, 0.5) is 0 Å². The minimum absolute atomic E-state index is 0.0144. The molecule has 0 saturated heterocycles. The Labute approximate surface area is 139 Å². The van der Waals surface area contributed by atoms with Crippen molar-refractivity contribution in [2.24, 2.45) is 0 Å². The second kappa shape index (κ2) is 6.09. The minimum Gasteiger partial charge on any atom is -0.481 e. The normalized spacial score (nSPS) is 11.3. The molecule has 2 aromatic carbocycles. The summed E-state index contributed by atoms with van der Waals surface area (Å²) >= 11 is 5.96. The lowest BCUT2D eigenvalue weighted by molar-refractivity contribution is -0.136. The summed E-state index contributed by atoms with van der Waals surface area (Å²) in [5, 5.41) is 10.9. The van der Waals surface area contributed by atoms with E-state index in [4.69, 9.17) is 11.6 Å². The predicted molar refractivity (Wildman–Crippen MR) is 94.2 cm³/mol. The molecule has 0 unspecified atom stereocenters. The molecule has 3 rings (SSSR count). The maximum atomic E-state index is 11.3. The lowest BCUT2D eigenvalue weighted by Crippen LogP contribution is -2.00. The molecule has 0 radical (unpaired) electrons. The summed E-state index contributed by atoms with van der Waals surface area (Å²) in [5.74, 6) is -0.482. The first-order chi connectivity index (χ1) is 11.0. The SMILES string of the molecule is CC(C)c1cccc2c(CC(=O)O)c(-c3ccc(Cl)cc3)[nH]c12. The van der Waals surface area contributed by atoms with Gasteiger partial charge in [-0.3, -0.25) is 4.79 Å². The summed E-state index contributed by atoms with van der Waals surface area (Å²) in [5.41, 5.74) is 4.82. The molecule has 0 bridgehead atoms. The molecule has 0 aliphatic heterocycles. The summed E-state index contributed by atoms with van der Waals surface area (Å²) in [4.78, 5) is 14.8. The molecule has 2 N–H and O–H groups in total. The Hall–Kier alpha value is -2.26. The Bertz CT molecular complexity index is 863. The van der Waals surface area contributed by atoms with Gasteiger partial charge in [0.25, 0.3) is 0 Å². The standard InChI is InChI=1S/C19H18ClNO2/c1-11(2)14-4-3-5-15-16(10-17(22)23)18(21-19(14)15)12-6-8-13(20)9-7-12/h3-9,11,21H,10H2,1-2H3,(H,22,23). The van der Waals surface area contributed by atoms with E-state index >= 15 is 0 Å². The van der Waals surface area contributed by atoms with Crippen LogP contribution in [0.15, 0.2) is 42.5 Å². The number of fused-ring (bicyclic) bond motifs is 1. The van der Waals surface area contributed by atoms with Gasteiger partial charge in [-0.1, -0.05) is 55.8 Å². The molecular weight excluding hydrogens is 310 g/mol. The van der Waals surface area contributed by atoms with E-state index in [2.05, 4.69) is 24.9 Å². The average molecular weight is 328 g/mol. The van der Waals surface area contributed by atoms with E-state index in [9.17, 15) is 9.90 Å². The fourth-order valence-corrected chi connectivity index (χ4v) is 3.10. The molecule has 1 aromatic heterocycles. The van der Waals surface area contributed by atoms with Crippen LogP contribution in [0.1, 0.15) is 30.9 Å².